The summed E-state index contributed by atoms with van der Waals surface area (Å²) in [5.41, 5.74) is 0. The lowest BCUT2D eigenvalue weighted by Gasteiger charge is -2.30. The van der Waals surface area contributed by atoms with E-state index in [0.717, 1.165) is 5.92 Å². The molecule has 0 amide bonds. The highest BCUT2D eigenvalue weighted by Crippen LogP contribution is 2.28. The fourth-order valence-electron chi connectivity index (χ4n) is 3.77. The van der Waals surface area contributed by atoms with E-state index in [9.17, 15) is 5.11 Å². The lowest BCUT2D eigenvalue weighted by Crippen LogP contribution is -2.40. The maximum absolute atomic E-state index is 10.1. The Kier molecular flexibility index (Phi) is 6.79. The van der Waals surface area contributed by atoms with Crippen LogP contribution in [-0.4, -0.2) is 36.5 Å². The van der Waals surface area contributed by atoms with Crippen molar-refractivity contribution in [2.75, 3.05) is 13.2 Å². The Hall–Kier alpha value is -0.120. The summed E-state index contributed by atoms with van der Waals surface area (Å²) in [5, 5.41) is 13.6. The summed E-state index contributed by atoms with van der Waals surface area (Å²) in [4.78, 5) is 0. The largest absolute Gasteiger partial charge is 0.389 e. The fourth-order valence-corrected chi connectivity index (χ4v) is 3.77. The van der Waals surface area contributed by atoms with E-state index in [-0.39, 0.29) is 6.10 Å². The van der Waals surface area contributed by atoms with Crippen LogP contribution in [0.2, 0.25) is 0 Å². The summed E-state index contributed by atoms with van der Waals surface area (Å²) in [7, 11) is 0. The zero-order valence-electron chi connectivity index (χ0n) is 13.3. The minimum atomic E-state index is -0.368. The monoisotopic (exact) mass is 283 g/mol. The van der Waals surface area contributed by atoms with Crippen LogP contribution in [0.15, 0.2) is 0 Å². The van der Waals surface area contributed by atoms with E-state index in [4.69, 9.17) is 4.74 Å². The average molecular weight is 283 g/mol. The second kappa shape index (κ2) is 8.35. The van der Waals surface area contributed by atoms with E-state index >= 15 is 0 Å². The maximum atomic E-state index is 10.1. The molecule has 0 bridgehead atoms. The molecule has 2 fully saturated rings. The normalized spacial score (nSPS) is 31.4. The number of ether oxygens (including phenoxy) is 1. The van der Waals surface area contributed by atoms with E-state index in [1.807, 2.05) is 0 Å². The van der Waals surface area contributed by atoms with Crippen LogP contribution in [0.5, 0.6) is 0 Å². The Morgan fingerprint density at radius 3 is 2.45 bits per heavy atom. The van der Waals surface area contributed by atoms with E-state index in [2.05, 4.69) is 19.2 Å². The standard InChI is InChI=1S/C17H33NO2/c1-13-7-3-6-10-17(13)20-12-16(19)11-18-14(2)15-8-4-5-9-15/h13-19H,3-12H2,1-2H3/t13?,14-,16?,17?/m1/s1. The highest BCUT2D eigenvalue weighted by atomic mass is 16.5. The summed E-state index contributed by atoms with van der Waals surface area (Å²) >= 11 is 0. The number of aliphatic hydroxyl groups excluding tert-OH is 1. The first-order valence-corrected chi connectivity index (χ1v) is 8.70. The molecule has 0 aromatic carbocycles. The minimum Gasteiger partial charge on any atom is -0.389 e. The van der Waals surface area contributed by atoms with Crippen LogP contribution in [-0.2, 0) is 4.74 Å². The maximum Gasteiger partial charge on any atom is 0.0897 e. The quantitative estimate of drug-likeness (QED) is 0.754. The number of rotatable bonds is 7. The molecule has 2 saturated carbocycles. The van der Waals surface area contributed by atoms with Gasteiger partial charge >= 0.3 is 0 Å². The van der Waals surface area contributed by atoms with Crippen molar-refractivity contribution < 1.29 is 9.84 Å². The highest BCUT2D eigenvalue weighted by molar-refractivity contribution is 4.78. The molecule has 0 aromatic heterocycles. The lowest BCUT2D eigenvalue weighted by atomic mass is 9.88. The van der Waals surface area contributed by atoms with E-state index in [1.165, 1.54) is 51.4 Å². The molecule has 0 aromatic rings. The van der Waals surface area contributed by atoms with E-state index in [0.29, 0.717) is 31.2 Å². The average Bonchev–Trinajstić information content (AvgIpc) is 2.98. The SMILES string of the molecule is CC1CCCCC1OCC(O)CN[C@H](C)C1CCCC1. The third-order valence-electron chi connectivity index (χ3n) is 5.32. The van der Waals surface area contributed by atoms with Crippen molar-refractivity contribution >= 4 is 0 Å². The van der Waals surface area contributed by atoms with Crippen LogP contribution >= 0.6 is 0 Å². The molecule has 2 aliphatic rings. The topological polar surface area (TPSA) is 41.5 Å². The molecule has 3 nitrogen and oxygen atoms in total. The van der Waals surface area contributed by atoms with Gasteiger partial charge in [0.15, 0.2) is 0 Å². The van der Waals surface area contributed by atoms with Gasteiger partial charge in [0.25, 0.3) is 0 Å². The molecule has 3 unspecified atom stereocenters. The molecule has 0 radical (unpaired) electrons. The Morgan fingerprint density at radius 2 is 1.75 bits per heavy atom. The molecule has 2 N–H and O–H groups in total. The van der Waals surface area contributed by atoms with Crippen LogP contribution in [0.1, 0.15) is 65.2 Å². The van der Waals surface area contributed by atoms with Crippen molar-refractivity contribution in [3.05, 3.63) is 0 Å². The van der Waals surface area contributed by atoms with Crippen LogP contribution in [0, 0.1) is 11.8 Å². The van der Waals surface area contributed by atoms with Crippen molar-refractivity contribution in [2.45, 2.75) is 83.5 Å². The molecule has 4 atom stereocenters. The Balaban J connectivity index is 1.58. The minimum absolute atomic E-state index is 0.366. The molecule has 2 rings (SSSR count). The van der Waals surface area contributed by atoms with Gasteiger partial charge in [0.1, 0.15) is 0 Å². The summed E-state index contributed by atoms with van der Waals surface area (Å²) < 4.78 is 5.92. The third kappa shape index (κ3) is 5.01. The number of aliphatic hydroxyl groups is 1. The lowest BCUT2D eigenvalue weighted by molar-refractivity contribution is -0.0458. The van der Waals surface area contributed by atoms with E-state index in [1.54, 1.807) is 0 Å². The van der Waals surface area contributed by atoms with Crippen LogP contribution < -0.4 is 5.32 Å². The molecule has 0 heterocycles. The van der Waals surface area contributed by atoms with Crippen molar-refractivity contribution in [1.29, 1.82) is 0 Å². The molecule has 20 heavy (non-hydrogen) atoms. The van der Waals surface area contributed by atoms with Gasteiger partial charge in [0, 0.05) is 12.6 Å². The molecule has 0 aliphatic heterocycles. The number of hydrogen-bond donors (Lipinski definition) is 2. The van der Waals surface area contributed by atoms with Gasteiger partial charge in [-0.15, -0.1) is 0 Å². The predicted molar refractivity (Wildman–Crippen MR) is 82.8 cm³/mol. The van der Waals surface area contributed by atoms with Crippen LogP contribution in [0.3, 0.4) is 0 Å². The van der Waals surface area contributed by atoms with Gasteiger partial charge in [0.2, 0.25) is 0 Å². The molecule has 0 spiro atoms. The van der Waals surface area contributed by atoms with Crippen LogP contribution in [0.25, 0.3) is 0 Å². The van der Waals surface area contributed by atoms with Crippen LogP contribution in [0.4, 0.5) is 0 Å². The first-order valence-electron chi connectivity index (χ1n) is 8.70. The molecular formula is C17H33NO2. The Bertz CT molecular complexity index is 266. The van der Waals surface area contributed by atoms with Gasteiger partial charge in [-0.25, -0.2) is 0 Å². The number of nitrogens with one attached hydrogen (secondary N) is 1. The summed E-state index contributed by atoms with van der Waals surface area (Å²) in [5.74, 6) is 1.46. The van der Waals surface area contributed by atoms with Crippen molar-refractivity contribution in [2.24, 2.45) is 11.8 Å². The summed E-state index contributed by atoms with van der Waals surface area (Å²) in [6.45, 7) is 5.68. The Morgan fingerprint density at radius 1 is 1.10 bits per heavy atom. The van der Waals surface area contributed by atoms with E-state index < -0.39 is 0 Å². The molecule has 118 valence electrons. The molecular weight excluding hydrogens is 250 g/mol. The molecule has 2 aliphatic carbocycles. The van der Waals surface area contributed by atoms with Gasteiger partial charge < -0.3 is 15.2 Å². The van der Waals surface area contributed by atoms with Gasteiger partial charge in [-0.1, -0.05) is 32.6 Å². The second-order valence-corrected chi connectivity index (χ2v) is 7.03. The highest BCUT2D eigenvalue weighted by Gasteiger charge is 2.24. The molecule has 0 saturated heterocycles. The zero-order valence-corrected chi connectivity index (χ0v) is 13.3. The van der Waals surface area contributed by atoms with Crippen molar-refractivity contribution in [3.8, 4) is 0 Å². The first-order chi connectivity index (χ1) is 9.66. The number of hydrogen-bond acceptors (Lipinski definition) is 3. The van der Waals surface area contributed by atoms with Gasteiger partial charge in [-0.05, 0) is 44.4 Å². The Labute approximate surface area is 124 Å². The third-order valence-corrected chi connectivity index (χ3v) is 5.32. The van der Waals surface area contributed by atoms with Crippen molar-refractivity contribution in [3.63, 3.8) is 0 Å². The fraction of sp³-hybridized carbons (Fsp3) is 1.00. The second-order valence-electron chi connectivity index (χ2n) is 7.03. The van der Waals surface area contributed by atoms with Gasteiger partial charge in [-0.3, -0.25) is 0 Å². The predicted octanol–water partition coefficient (Wildman–Crippen LogP) is 3.11. The van der Waals surface area contributed by atoms with Gasteiger partial charge in [0.05, 0.1) is 18.8 Å². The smallest absolute Gasteiger partial charge is 0.0897 e. The zero-order chi connectivity index (χ0) is 14.4. The summed E-state index contributed by atoms with van der Waals surface area (Å²) in [6, 6.07) is 0.528. The van der Waals surface area contributed by atoms with Crippen molar-refractivity contribution in [1.82, 2.24) is 5.32 Å². The first kappa shape index (κ1) is 16.3. The van der Waals surface area contributed by atoms with Gasteiger partial charge in [-0.2, -0.15) is 0 Å². The summed E-state index contributed by atoms with van der Waals surface area (Å²) in [6.07, 6.45) is 10.5. The molecule has 3 heteroatoms.